The van der Waals surface area contributed by atoms with Gasteiger partial charge < -0.3 is 14.0 Å². The van der Waals surface area contributed by atoms with Crippen LogP contribution in [0.3, 0.4) is 0 Å². The molecule has 1 aliphatic carbocycles. The lowest BCUT2D eigenvalue weighted by molar-refractivity contribution is 0.759. The number of hydrogen-bond donors (Lipinski definition) is 0. The molecule has 49 heavy (non-hydrogen) atoms. The Morgan fingerprint density at radius 1 is 0.714 bits per heavy atom. The fourth-order valence-corrected chi connectivity index (χ4v) is 7.39. The standard InChI is InChI=1S/C44H33N5/c1-3-4-15-30(2)47-39-22-13-11-20-35(39)37-27-44-38(26-43(37)47)36-21-12-14-23-40(36)49(44)42-25-31(28-45)41(24-32(42)29-46)48(33-16-7-5-8-17-33)34-18-9-6-10-19-34/h3-23,25-27,32H,24H2,1-2H3/b4-3-,30-15+. The van der Waals surface area contributed by atoms with Gasteiger partial charge in [-0.05, 0) is 74.5 Å². The molecule has 1 aliphatic rings. The Balaban J connectivity index is 1.42. The Morgan fingerprint density at radius 2 is 1.29 bits per heavy atom. The van der Waals surface area contributed by atoms with Gasteiger partial charge in [-0.15, -0.1) is 0 Å². The second kappa shape index (κ2) is 12.2. The minimum absolute atomic E-state index is 0.388. The maximum Gasteiger partial charge on any atom is 0.101 e. The van der Waals surface area contributed by atoms with E-state index in [1.165, 1.54) is 5.39 Å². The van der Waals surface area contributed by atoms with Gasteiger partial charge in [-0.2, -0.15) is 10.5 Å². The third kappa shape index (κ3) is 4.84. The van der Waals surface area contributed by atoms with E-state index in [-0.39, 0.29) is 0 Å². The second-order valence-corrected chi connectivity index (χ2v) is 12.4. The first kappa shape index (κ1) is 29.8. The van der Waals surface area contributed by atoms with Crippen LogP contribution in [0.1, 0.15) is 20.3 Å². The minimum Gasteiger partial charge on any atom is -0.313 e. The highest BCUT2D eigenvalue weighted by molar-refractivity contribution is 6.19. The zero-order valence-corrected chi connectivity index (χ0v) is 27.4. The smallest absolute Gasteiger partial charge is 0.101 e. The molecule has 2 aromatic heterocycles. The highest BCUT2D eigenvalue weighted by Crippen LogP contribution is 2.44. The average Bonchev–Trinajstić information content (AvgIpc) is 3.65. The van der Waals surface area contributed by atoms with E-state index in [1.807, 2.05) is 85.8 Å². The summed E-state index contributed by atoms with van der Waals surface area (Å²) in [5, 5.41) is 26.0. The maximum absolute atomic E-state index is 10.8. The fourth-order valence-electron chi connectivity index (χ4n) is 7.39. The topological polar surface area (TPSA) is 60.7 Å². The molecule has 0 aliphatic heterocycles. The van der Waals surface area contributed by atoms with Gasteiger partial charge >= 0.3 is 0 Å². The molecular formula is C44H33N5. The highest BCUT2D eigenvalue weighted by Gasteiger charge is 2.31. The summed E-state index contributed by atoms with van der Waals surface area (Å²) in [6.07, 6.45) is 8.59. The molecule has 5 nitrogen and oxygen atoms in total. The summed E-state index contributed by atoms with van der Waals surface area (Å²) in [6.45, 7) is 4.17. The van der Waals surface area contributed by atoms with Gasteiger partial charge in [0.2, 0.25) is 0 Å². The number of para-hydroxylation sites is 4. The van der Waals surface area contributed by atoms with Gasteiger partial charge in [-0.1, -0.05) is 84.9 Å². The summed E-state index contributed by atoms with van der Waals surface area (Å²) in [5.41, 5.74) is 9.48. The molecule has 234 valence electrons. The van der Waals surface area contributed by atoms with E-state index in [0.717, 1.165) is 66.7 Å². The van der Waals surface area contributed by atoms with Crippen LogP contribution in [0.5, 0.6) is 0 Å². The Labute approximate surface area is 285 Å². The number of rotatable bonds is 6. The lowest BCUT2D eigenvalue weighted by Gasteiger charge is -2.33. The first-order valence-corrected chi connectivity index (χ1v) is 16.5. The molecule has 7 aromatic rings. The van der Waals surface area contributed by atoms with Crippen molar-refractivity contribution in [2.24, 2.45) is 5.92 Å². The first-order chi connectivity index (χ1) is 24.1. The number of nitriles is 2. The fraction of sp³-hybridized carbons (Fsp3) is 0.0909. The minimum atomic E-state index is -0.496. The van der Waals surface area contributed by atoms with Crippen molar-refractivity contribution in [1.29, 1.82) is 10.5 Å². The normalized spacial score (nSPS) is 15.3. The van der Waals surface area contributed by atoms with Crippen LogP contribution in [-0.2, 0) is 0 Å². The maximum atomic E-state index is 10.8. The number of nitrogens with zero attached hydrogens (tertiary/aromatic N) is 5. The van der Waals surface area contributed by atoms with Crippen molar-refractivity contribution in [1.82, 2.24) is 9.13 Å². The molecule has 2 heterocycles. The Hall–Kier alpha value is -6.56. The molecule has 0 fully saturated rings. The van der Waals surface area contributed by atoms with Crippen LogP contribution in [0, 0.1) is 28.6 Å². The zero-order valence-electron chi connectivity index (χ0n) is 27.4. The average molecular weight is 632 g/mol. The van der Waals surface area contributed by atoms with Gasteiger partial charge in [-0.25, -0.2) is 0 Å². The number of anilines is 2. The van der Waals surface area contributed by atoms with E-state index in [2.05, 4.69) is 99.8 Å². The van der Waals surface area contributed by atoms with Crippen LogP contribution in [0.4, 0.5) is 11.4 Å². The lowest BCUT2D eigenvalue weighted by Crippen LogP contribution is -2.24. The highest BCUT2D eigenvalue weighted by atomic mass is 15.2. The second-order valence-electron chi connectivity index (χ2n) is 12.4. The van der Waals surface area contributed by atoms with Crippen LogP contribution in [0.2, 0.25) is 0 Å². The summed E-state index contributed by atoms with van der Waals surface area (Å²) in [7, 11) is 0. The Kier molecular flexibility index (Phi) is 7.44. The molecule has 0 spiro atoms. The van der Waals surface area contributed by atoms with Gasteiger partial charge in [0.1, 0.15) is 6.07 Å². The molecule has 0 amide bonds. The van der Waals surface area contributed by atoms with E-state index in [4.69, 9.17) is 0 Å². The molecule has 5 aromatic carbocycles. The molecule has 1 unspecified atom stereocenters. The van der Waals surface area contributed by atoms with Crippen molar-refractivity contribution in [2.75, 3.05) is 4.90 Å². The number of aromatic nitrogens is 2. The van der Waals surface area contributed by atoms with Gasteiger partial charge in [0.05, 0.1) is 39.6 Å². The van der Waals surface area contributed by atoms with Crippen LogP contribution >= 0.6 is 0 Å². The van der Waals surface area contributed by atoms with Crippen LogP contribution in [-0.4, -0.2) is 9.13 Å². The van der Waals surface area contributed by atoms with Crippen molar-refractivity contribution in [2.45, 2.75) is 20.3 Å². The largest absolute Gasteiger partial charge is 0.313 e. The molecule has 8 rings (SSSR count). The molecular weight excluding hydrogens is 599 g/mol. The number of allylic oxidation sites excluding steroid dienone is 8. The van der Waals surface area contributed by atoms with E-state index in [0.29, 0.717) is 12.0 Å². The summed E-state index contributed by atoms with van der Waals surface area (Å²) in [6, 6.07) is 46.7. The lowest BCUT2D eigenvalue weighted by atomic mass is 9.90. The SMILES string of the molecule is C/C=C\C=C(/C)n1c2ccccc2c2cc3c(cc21)c1ccccc1n3C1=CC(C#N)=C(N(c2ccccc2)c2ccccc2)CC1C#N. The van der Waals surface area contributed by atoms with Crippen molar-refractivity contribution in [3.05, 3.63) is 157 Å². The van der Waals surface area contributed by atoms with Crippen LogP contribution in [0.25, 0.3) is 55.0 Å². The summed E-state index contributed by atoms with van der Waals surface area (Å²) >= 11 is 0. The van der Waals surface area contributed by atoms with E-state index in [1.54, 1.807) is 0 Å². The molecule has 0 radical (unpaired) electrons. The molecule has 1 atom stereocenters. The predicted octanol–water partition coefficient (Wildman–Crippen LogP) is 11.3. The number of hydrogen-bond acceptors (Lipinski definition) is 3. The monoisotopic (exact) mass is 631 g/mol. The van der Waals surface area contributed by atoms with Gasteiger partial charge in [0.15, 0.2) is 0 Å². The molecule has 0 saturated carbocycles. The summed E-state index contributed by atoms with van der Waals surface area (Å²) < 4.78 is 4.55. The molecule has 0 saturated heterocycles. The number of fused-ring (bicyclic) bond motifs is 6. The van der Waals surface area contributed by atoms with Gasteiger partial charge in [0.25, 0.3) is 0 Å². The first-order valence-electron chi connectivity index (χ1n) is 16.5. The number of benzene rings is 5. The van der Waals surface area contributed by atoms with Crippen molar-refractivity contribution in [3.8, 4) is 12.1 Å². The van der Waals surface area contributed by atoms with Gasteiger partial charge in [0, 0.05) is 56.4 Å². The Morgan fingerprint density at radius 3 is 1.92 bits per heavy atom. The zero-order chi connectivity index (χ0) is 33.5. The van der Waals surface area contributed by atoms with E-state index in [9.17, 15) is 10.5 Å². The molecule has 0 bridgehead atoms. The van der Waals surface area contributed by atoms with Crippen molar-refractivity contribution in [3.63, 3.8) is 0 Å². The quantitative estimate of drug-likeness (QED) is 0.172. The molecule has 0 N–H and O–H groups in total. The summed E-state index contributed by atoms with van der Waals surface area (Å²) in [5.74, 6) is -0.496. The van der Waals surface area contributed by atoms with Crippen LogP contribution < -0.4 is 4.90 Å². The van der Waals surface area contributed by atoms with E-state index < -0.39 is 5.92 Å². The predicted molar refractivity (Wildman–Crippen MR) is 203 cm³/mol. The van der Waals surface area contributed by atoms with Crippen molar-refractivity contribution >= 4 is 66.4 Å². The molecule has 5 heteroatoms. The van der Waals surface area contributed by atoms with E-state index >= 15 is 0 Å². The van der Waals surface area contributed by atoms with Crippen LogP contribution in [0.15, 0.2) is 157 Å². The third-order valence-electron chi connectivity index (χ3n) is 9.54. The summed E-state index contributed by atoms with van der Waals surface area (Å²) in [4.78, 5) is 2.12. The third-order valence-corrected chi connectivity index (χ3v) is 9.54. The van der Waals surface area contributed by atoms with Gasteiger partial charge in [-0.3, -0.25) is 0 Å². The van der Waals surface area contributed by atoms with Crippen molar-refractivity contribution < 1.29 is 0 Å². The Bertz CT molecular complexity index is 2580.